The van der Waals surface area contributed by atoms with Crippen LogP contribution >= 0.6 is 23.2 Å². The molecule has 0 radical (unpaired) electrons. The van der Waals surface area contributed by atoms with Gasteiger partial charge in [0.15, 0.2) is 0 Å². The predicted molar refractivity (Wildman–Crippen MR) is 123 cm³/mol. The lowest BCUT2D eigenvalue weighted by Crippen LogP contribution is -2.05. The zero-order valence-corrected chi connectivity index (χ0v) is 18.8. The van der Waals surface area contributed by atoms with Crippen molar-refractivity contribution in [3.63, 3.8) is 0 Å². The molecule has 2 aromatic carbocycles. The van der Waals surface area contributed by atoms with Crippen LogP contribution in [0.3, 0.4) is 0 Å². The van der Waals surface area contributed by atoms with E-state index < -0.39 is 11.8 Å². The molecule has 0 N–H and O–H groups in total. The van der Waals surface area contributed by atoms with E-state index in [1.165, 1.54) is 13.2 Å². The molecule has 1 aliphatic carbocycles. The molecule has 1 aliphatic rings. The number of esters is 1. The normalized spacial score (nSPS) is 13.4. The van der Waals surface area contributed by atoms with Crippen molar-refractivity contribution in [2.75, 3.05) is 7.11 Å². The van der Waals surface area contributed by atoms with Crippen molar-refractivity contribution in [1.82, 2.24) is 4.98 Å². The number of aromatic nitrogens is 1. The van der Waals surface area contributed by atoms with Crippen LogP contribution in [-0.2, 0) is 11.3 Å². The van der Waals surface area contributed by atoms with Crippen molar-refractivity contribution in [2.24, 2.45) is 0 Å². The van der Waals surface area contributed by atoms with Crippen LogP contribution in [0, 0.1) is 5.82 Å². The summed E-state index contributed by atoms with van der Waals surface area (Å²) in [5, 5.41) is 0.904. The highest BCUT2D eigenvalue weighted by atomic mass is 35.5. The SMILES string of the molecule is COC(=O)c1cccc(C2=C(c3cc(Cl)ccc3OCc3ccc(Cl)cc3F)CCC2)n1. The molecule has 3 aromatic rings. The summed E-state index contributed by atoms with van der Waals surface area (Å²) in [4.78, 5) is 16.4. The lowest BCUT2D eigenvalue weighted by Gasteiger charge is -2.15. The fraction of sp³-hybridized carbons (Fsp3) is 0.200. The number of ether oxygens (including phenoxy) is 2. The monoisotopic (exact) mass is 471 g/mol. The molecule has 0 spiro atoms. The fourth-order valence-electron chi connectivity index (χ4n) is 3.80. The molecule has 0 unspecified atom stereocenters. The number of allylic oxidation sites excluding steroid dienone is 2. The number of hydrogen-bond donors (Lipinski definition) is 0. The Kier molecular flexibility index (Phi) is 6.77. The Balaban J connectivity index is 1.70. The summed E-state index contributed by atoms with van der Waals surface area (Å²) in [6.45, 7) is 0.0519. The maximum absolute atomic E-state index is 14.2. The van der Waals surface area contributed by atoms with Gasteiger partial charge >= 0.3 is 5.97 Å². The van der Waals surface area contributed by atoms with Crippen molar-refractivity contribution in [1.29, 1.82) is 0 Å². The maximum Gasteiger partial charge on any atom is 0.356 e. The zero-order chi connectivity index (χ0) is 22.7. The van der Waals surface area contributed by atoms with Crippen LogP contribution in [0.2, 0.25) is 10.0 Å². The summed E-state index contributed by atoms with van der Waals surface area (Å²) in [6.07, 6.45) is 2.56. The van der Waals surface area contributed by atoms with Gasteiger partial charge in [0.05, 0.1) is 12.8 Å². The summed E-state index contributed by atoms with van der Waals surface area (Å²) in [6, 6.07) is 15.2. The average molecular weight is 472 g/mol. The van der Waals surface area contributed by atoms with E-state index >= 15 is 0 Å². The number of carbonyl (C=O) groups excluding carboxylic acids is 1. The molecule has 0 fully saturated rings. The van der Waals surface area contributed by atoms with Gasteiger partial charge in [-0.2, -0.15) is 0 Å². The highest BCUT2D eigenvalue weighted by molar-refractivity contribution is 6.31. The molecule has 32 heavy (non-hydrogen) atoms. The summed E-state index contributed by atoms with van der Waals surface area (Å²) in [7, 11) is 1.33. The number of hydrogen-bond acceptors (Lipinski definition) is 4. The van der Waals surface area contributed by atoms with E-state index in [1.54, 1.807) is 36.4 Å². The lowest BCUT2D eigenvalue weighted by molar-refractivity contribution is 0.0594. The van der Waals surface area contributed by atoms with Gasteiger partial charge < -0.3 is 9.47 Å². The van der Waals surface area contributed by atoms with Crippen LogP contribution in [-0.4, -0.2) is 18.1 Å². The minimum atomic E-state index is -0.483. The van der Waals surface area contributed by atoms with Crippen LogP contribution in [0.1, 0.15) is 46.6 Å². The number of pyridine rings is 1. The van der Waals surface area contributed by atoms with E-state index in [4.69, 9.17) is 32.7 Å². The summed E-state index contributed by atoms with van der Waals surface area (Å²) >= 11 is 12.1. The quantitative estimate of drug-likeness (QED) is 0.363. The lowest BCUT2D eigenvalue weighted by atomic mass is 9.99. The third-order valence-electron chi connectivity index (χ3n) is 5.34. The second kappa shape index (κ2) is 9.72. The molecule has 4 rings (SSSR count). The molecule has 1 heterocycles. The smallest absolute Gasteiger partial charge is 0.356 e. The first kappa shape index (κ1) is 22.3. The van der Waals surface area contributed by atoms with E-state index in [-0.39, 0.29) is 12.3 Å². The second-order valence-electron chi connectivity index (χ2n) is 7.38. The van der Waals surface area contributed by atoms with Gasteiger partial charge in [-0.25, -0.2) is 14.2 Å². The number of methoxy groups -OCH3 is 1. The molecule has 4 nitrogen and oxygen atoms in total. The Morgan fingerprint density at radius 3 is 2.56 bits per heavy atom. The van der Waals surface area contributed by atoms with Crippen LogP contribution in [0.4, 0.5) is 4.39 Å². The molecule has 0 bridgehead atoms. The molecule has 0 atom stereocenters. The topological polar surface area (TPSA) is 48.4 Å². The van der Waals surface area contributed by atoms with Gasteiger partial charge in [-0.1, -0.05) is 35.3 Å². The first-order chi connectivity index (χ1) is 15.5. The van der Waals surface area contributed by atoms with Crippen LogP contribution in [0.15, 0.2) is 54.6 Å². The van der Waals surface area contributed by atoms with Crippen molar-refractivity contribution < 1.29 is 18.7 Å². The first-order valence-electron chi connectivity index (χ1n) is 10.1. The fourth-order valence-corrected chi connectivity index (χ4v) is 4.13. The minimum Gasteiger partial charge on any atom is -0.488 e. The van der Waals surface area contributed by atoms with Crippen molar-refractivity contribution in [3.8, 4) is 5.75 Å². The number of nitrogens with zero attached hydrogens (tertiary/aromatic N) is 1. The number of benzene rings is 2. The molecule has 0 amide bonds. The molecular formula is C25H20Cl2FNO3. The minimum absolute atomic E-state index is 0.0519. The second-order valence-corrected chi connectivity index (χ2v) is 8.25. The molecule has 0 saturated carbocycles. The van der Waals surface area contributed by atoms with Crippen LogP contribution in [0.5, 0.6) is 5.75 Å². The number of halogens is 3. The van der Waals surface area contributed by atoms with Gasteiger partial charge in [-0.15, -0.1) is 0 Å². The molecular weight excluding hydrogens is 452 g/mol. The van der Waals surface area contributed by atoms with Crippen molar-refractivity contribution in [2.45, 2.75) is 25.9 Å². The van der Waals surface area contributed by atoms with Gasteiger partial charge in [-0.3, -0.25) is 0 Å². The van der Waals surface area contributed by atoms with E-state index in [9.17, 15) is 9.18 Å². The molecule has 7 heteroatoms. The Bertz CT molecular complexity index is 1210. The predicted octanol–water partition coefficient (Wildman–Crippen LogP) is 6.99. The van der Waals surface area contributed by atoms with Gasteiger partial charge in [0.2, 0.25) is 0 Å². The number of carbonyl (C=O) groups is 1. The van der Waals surface area contributed by atoms with E-state index in [0.717, 1.165) is 41.7 Å². The summed E-state index contributed by atoms with van der Waals surface area (Å²) < 4.78 is 25.0. The third-order valence-corrected chi connectivity index (χ3v) is 5.81. The largest absolute Gasteiger partial charge is 0.488 e. The van der Waals surface area contributed by atoms with Crippen LogP contribution < -0.4 is 4.74 Å². The van der Waals surface area contributed by atoms with Gasteiger partial charge in [0.1, 0.15) is 23.9 Å². The van der Waals surface area contributed by atoms with Crippen LogP contribution in [0.25, 0.3) is 11.1 Å². The van der Waals surface area contributed by atoms with Crippen molar-refractivity contribution in [3.05, 3.63) is 93.0 Å². The number of rotatable bonds is 6. The molecule has 1 aromatic heterocycles. The van der Waals surface area contributed by atoms with Gasteiger partial charge in [-0.05, 0) is 72.9 Å². The molecule has 0 saturated heterocycles. The van der Waals surface area contributed by atoms with Gasteiger partial charge in [0.25, 0.3) is 0 Å². The van der Waals surface area contributed by atoms with E-state index in [2.05, 4.69) is 4.98 Å². The van der Waals surface area contributed by atoms with E-state index in [0.29, 0.717) is 21.4 Å². The summed E-state index contributed by atoms with van der Waals surface area (Å²) in [5.41, 5.74) is 4.29. The van der Waals surface area contributed by atoms with Crippen molar-refractivity contribution >= 4 is 40.3 Å². The summed E-state index contributed by atoms with van der Waals surface area (Å²) in [5.74, 6) is -0.302. The third kappa shape index (κ3) is 4.79. The Morgan fingerprint density at radius 1 is 1.03 bits per heavy atom. The Hall–Kier alpha value is -2.89. The Morgan fingerprint density at radius 2 is 1.78 bits per heavy atom. The first-order valence-corrected chi connectivity index (χ1v) is 10.9. The average Bonchev–Trinajstić information content (AvgIpc) is 3.28. The molecule has 164 valence electrons. The van der Waals surface area contributed by atoms with Gasteiger partial charge in [0, 0.05) is 21.2 Å². The Labute approximate surface area is 195 Å². The zero-order valence-electron chi connectivity index (χ0n) is 17.3. The highest BCUT2D eigenvalue weighted by Crippen LogP contribution is 2.43. The van der Waals surface area contributed by atoms with E-state index in [1.807, 2.05) is 12.1 Å². The standard InChI is InChI=1S/C25H20Cl2FNO3/c1-31-25(30)23-7-3-6-22(29-23)19-5-2-4-18(19)20-12-16(26)10-11-24(20)32-14-15-8-9-17(27)13-21(15)28/h3,6-13H,2,4-5,14H2,1H3. The maximum atomic E-state index is 14.2. The molecule has 0 aliphatic heterocycles. The highest BCUT2D eigenvalue weighted by Gasteiger charge is 2.23.